The number of aromatic nitrogens is 3. The molecule has 2 aromatic carbocycles. The number of carbonyl (C=O) groups is 1. The second-order valence-electron chi connectivity index (χ2n) is 6.59. The van der Waals surface area contributed by atoms with Crippen LogP contribution in [0.15, 0.2) is 42.5 Å². The minimum atomic E-state index is -0.176. The molecule has 8 heteroatoms. The third kappa shape index (κ3) is 2.99. The Labute approximate surface area is 175 Å². The van der Waals surface area contributed by atoms with Crippen molar-refractivity contribution < 1.29 is 9.53 Å². The molecular formula is C21H15ClN4O2S. The molecule has 1 N–H and O–H groups in total. The van der Waals surface area contributed by atoms with Gasteiger partial charge >= 0.3 is 0 Å². The zero-order chi connectivity index (χ0) is 20.1. The minimum absolute atomic E-state index is 0.176. The molecule has 0 aliphatic carbocycles. The van der Waals surface area contributed by atoms with Gasteiger partial charge in [-0.25, -0.2) is 9.50 Å². The van der Waals surface area contributed by atoms with Crippen molar-refractivity contribution in [3.05, 3.63) is 63.8 Å². The van der Waals surface area contributed by atoms with E-state index in [-0.39, 0.29) is 5.91 Å². The summed E-state index contributed by atoms with van der Waals surface area (Å²) in [6.07, 6.45) is 1.83. The van der Waals surface area contributed by atoms with Crippen molar-refractivity contribution in [3.63, 3.8) is 0 Å². The van der Waals surface area contributed by atoms with Crippen molar-refractivity contribution in [2.24, 2.45) is 0 Å². The minimum Gasteiger partial charge on any atom is -0.497 e. The van der Waals surface area contributed by atoms with E-state index in [0.29, 0.717) is 10.6 Å². The topological polar surface area (TPSA) is 68.5 Å². The molecule has 1 amide bonds. The van der Waals surface area contributed by atoms with Gasteiger partial charge in [-0.3, -0.25) is 4.79 Å². The molecule has 0 fully saturated rings. The van der Waals surface area contributed by atoms with Gasteiger partial charge in [0.1, 0.15) is 10.8 Å². The van der Waals surface area contributed by atoms with Crippen molar-refractivity contribution in [2.75, 3.05) is 12.4 Å². The van der Waals surface area contributed by atoms with Gasteiger partial charge < -0.3 is 10.1 Å². The number of methoxy groups -OCH3 is 1. The summed E-state index contributed by atoms with van der Waals surface area (Å²) in [6.45, 7) is 1.93. The van der Waals surface area contributed by atoms with Crippen molar-refractivity contribution >= 4 is 51.1 Å². The Morgan fingerprint density at radius 2 is 2.00 bits per heavy atom. The highest BCUT2D eigenvalue weighted by atomic mass is 35.5. The molecule has 29 heavy (non-hydrogen) atoms. The number of rotatable bonds is 3. The van der Waals surface area contributed by atoms with Crippen LogP contribution in [-0.2, 0) is 4.79 Å². The van der Waals surface area contributed by atoms with Gasteiger partial charge in [-0.1, -0.05) is 22.9 Å². The highest BCUT2D eigenvalue weighted by molar-refractivity contribution is 7.16. The third-order valence-electron chi connectivity index (χ3n) is 4.75. The predicted octanol–water partition coefficient (Wildman–Crippen LogP) is 4.92. The highest BCUT2D eigenvalue weighted by Crippen LogP contribution is 2.37. The van der Waals surface area contributed by atoms with Crippen LogP contribution in [-0.4, -0.2) is 27.6 Å². The normalized spacial score (nSPS) is 14.4. The van der Waals surface area contributed by atoms with Gasteiger partial charge in [0.2, 0.25) is 4.96 Å². The van der Waals surface area contributed by atoms with E-state index in [4.69, 9.17) is 21.3 Å². The molecule has 0 atom stereocenters. The van der Waals surface area contributed by atoms with E-state index in [1.54, 1.807) is 29.8 Å². The Bertz CT molecular complexity index is 1300. The first-order valence-corrected chi connectivity index (χ1v) is 10.1. The van der Waals surface area contributed by atoms with Gasteiger partial charge in [-0.2, -0.15) is 5.10 Å². The number of amides is 1. The Morgan fingerprint density at radius 3 is 2.76 bits per heavy atom. The van der Waals surface area contributed by atoms with E-state index < -0.39 is 0 Å². The second-order valence-corrected chi connectivity index (χ2v) is 8.19. The number of anilines is 1. The maximum Gasteiger partial charge on any atom is 0.256 e. The largest absolute Gasteiger partial charge is 0.497 e. The Hall–Kier alpha value is -3.16. The van der Waals surface area contributed by atoms with Gasteiger partial charge in [0.15, 0.2) is 0 Å². The lowest BCUT2D eigenvalue weighted by Crippen LogP contribution is -2.04. The third-order valence-corrected chi connectivity index (χ3v) is 5.81. The molecule has 0 saturated heterocycles. The molecule has 1 aliphatic rings. The standard InChI is InChI=1S/C21H15ClN4O2S/c1-11-25-26-18(10-16-15-9-13(22)5-8-17(15)23-20(16)27)19(24-21(26)29-11)12-3-6-14(28-2)7-4-12/h3-10H,1-2H3,(H,23,27)/b16-10+. The molecule has 4 aromatic rings. The van der Waals surface area contributed by atoms with E-state index in [9.17, 15) is 4.79 Å². The van der Waals surface area contributed by atoms with Gasteiger partial charge in [0, 0.05) is 21.8 Å². The predicted molar refractivity (Wildman–Crippen MR) is 116 cm³/mol. The van der Waals surface area contributed by atoms with E-state index in [1.165, 1.54) is 11.3 Å². The number of nitrogens with one attached hydrogen (secondary N) is 1. The average Bonchev–Trinajstić information content (AvgIpc) is 3.33. The second kappa shape index (κ2) is 6.72. The monoisotopic (exact) mass is 422 g/mol. The van der Waals surface area contributed by atoms with Gasteiger partial charge in [0.25, 0.3) is 5.91 Å². The SMILES string of the molecule is COc1ccc(-c2nc3sc(C)nn3c2/C=C2/C(=O)Nc3ccc(Cl)cc32)cc1. The first kappa shape index (κ1) is 17.9. The summed E-state index contributed by atoms with van der Waals surface area (Å²) in [5.41, 5.74) is 4.45. The number of hydrogen-bond acceptors (Lipinski definition) is 5. The Morgan fingerprint density at radius 1 is 1.21 bits per heavy atom. The molecule has 2 aromatic heterocycles. The molecule has 0 saturated carbocycles. The van der Waals surface area contributed by atoms with E-state index in [0.717, 1.165) is 43.9 Å². The zero-order valence-corrected chi connectivity index (χ0v) is 17.1. The summed E-state index contributed by atoms with van der Waals surface area (Å²) in [7, 11) is 1.63. The molecule has 0 bridgehead atoms. The van der Waals surface area contributed by atoms with E-state index in [1.807, 2.05) is 37.3 Å². The summed E-state index contributed by atoms with van der Waals surface area (Å²) in [5.74, 6) is 0.590. The number of halogens is 1. The number of nitrogens with zero attached hydrogens (tertiary/aromatic N) is 3. The first-order valence-electron chi connectivity index (χ1n) is 8.87. The lowest BCUT2D eigenvalue weighted by Gasteiger charge is -2.04. The molecule has 0 spiro atoms. The molecule has 6 nitrogen and oxygen atoms in total. The fraction of sp³-hybridized carbons (Fsp3) is 0.0952. The zero-order valence-electron chi connectivity index (χ0n) is 15.6. The molecule has 0 radical (unpaired) electrons. The van der Waals surface area contributed by atoms with Crippen LogP contribution >= 0.6 is 22.9 Å². The molecular weight excluding hydrogens is 408 g/mol. The molecule has 144 valence electrons. The number of hydrogen-bond donors (Lipinski definition) is 1. The van der Waals surface area contributed by atoms with Crippen LogP contribution in [0.3, 0.4) is 0 Å². The van der Waals surface area contributed by atoms with E-state index in [2.05, 4.69) is 10.4 Å². The fourth-order valence-corrected chi connectivity index (χ4v) is 4.31. The van der Waals surface area contributed by atoms with Gasteiger partial charge in [-0.15, -0.1) is 0 Å². The van der Waals surface area contributed by atoms with Crippen LogP contribution in [0.5, 0.6) is 5.75 Å². The summed E-state index contributed by atoms with van der Waals surface area (Å²) < 4.78 is 7.03. The smallest absolute Gasteiger partial charge is 0.256 e. The van der Waals surface area contributed by atoms with Crippen LogP contribution < -0.4 is 10.1 Å². The van der Waals surface area contributed by atoms with Crippen molar-refractivity contribution in [2.45, 2.75) is 6.92 Å². The van der Waals surface area contributed by atoms with Crippen LogP contribution in [0.2, 0.25) is 5.02 Å². The lowest BCUT2D eigenvalue weighted by atomic mass is 10.0. The van der Waals surface area contributed by atoms with Gasteiger partial charge in [0.05, 0.1) is 24.1 Å². The molecule has 3 heterocycles. The Balaban J connectivity index is 1.73. The number of aryl methyl sites for hydroxylation is 1. The number of benzene rings is 2. The Kier molecular flexibility index (Phi) is 4.15. The number of fused-ring (bicyclic) bond motifs is 2. The highest BCUT2D eigenvalue weighted by Gasteiger charge is 2.26. The van der Waals surface area contributed by atoms with Gasteiger partial charge in [-0.05, 0) is 55.5 Å². The average molecular weight is 423 g/mol. The van der Waals surface area contributed by atoms with Crippen LogP contribution in [0.1, 0.15) is 16.3 Å². The van der Waals surface area contributed by atoms with Crippen LogP contribution in [0, 0.1) is 6.92 Å². The molecule has 5 rings (SSSR count). The van der Waals surface area contributed by atoms with Crippen LogP contribution in [0.4, 0.5) is 5.69 Å². The van der Waals surface area contributed by atoms with Crippen molar-refractivity contribution in [3.8, 4) is 17.0 Å². The quantitative estimate of drug-likeness (QED) is 0.476. The number of ether oxygens (including phenoxy) is 1. The molecule has 1 aliphatic heterocycles. The maximum absolute atomic E-state index is 12.7. The summed E-state index contributed by atoms with van der Waals surface area (Å²) in [5, 5.41) is 8.93. The van der Waals surface area contributed by atoms with E-state index >= 15 is 0 Å². The summed E-state index contributed by atoms with van der Waals surface area (Å²) in [6, 6.07) is 13.0. The summed E-state index contributed by atoms with van der Waals surface area (Å²) in [4.78, 5) is 18.2. The van der Waals surface area contributed by atoms with Crippen molar-refractivity contribution in [1.82, 2.24) is 14.6 Å². The fourth-order valence-electron chi connectivity index (χ4n) is 3.39. The lowest BCUT2D eigenvalue weighted by molar-refractivity contribution is -0.110. The maximum atomic E-state index is 12.7. The molecule has 0 unspecified atom stereocenters. The van der Waals surface area contributed by atoms with Crippen LogP contribution in [0.25, 0.3) is 27.9 Å². The first-order chi connectivity index (χ1) is 14.0. The van der Waals surface area contributed by atoms with Crippen molar-refractivity contribution in [1.29, 1.82) is 0 Å². The number of carbonyl (C=O) groups excluding carboxylic acids is 1. The number of imidazole rings is 1. The summed E-state index contributed by atoms with van der Waals surface area (Å²) >= 11 is 7.67.